The van der Waals surface area contributed by atoms with Crippen LogP contribution in [0.3, 0.4) is 0 Å². The molecule has 0 saturated carbocycles. The highest BCUT2D eigenvalue weighted by Gasteiger charge is 2.31. The van der Waals surface area contributed by atoms with Crippen LogP contribution in [0.5, 0.6) is 0 Å². The van der Waals surface area contributed by atoms with Crippen molar-refractivity contribution in [2.45, 2.75) is 39.5 Å². The third-order valence-electron chi connectivity index (χ3n) is 4.83. The number of pyridine rings is 1. The second kappa shape index (κ2) is 5.69. The van der Waals surface area contributed by atoms with Crippen molar-refractivity contribution in [2.75, 3.05) is 23.7 Å². The maximum atomic E-state index is 11.3. The first kappa shape index (κ1) is 14.6. The number of carbonyl (C=O) groups is 1. The van der Waals surface area contributed by atoms with Crippen LogP contribution < -0.4 is 16.4 Å². The number of rotatable bonds is 4. The Labute approximate surface area is 120 Å². The fraction of sp³-hybridized carbons (Fsp3) is 0.600. The van der Waals surface area contributed by atoms with E-state index < -0.39 is 5.91 Å². The summed E-state index contributed by atoms with van der Waals surface area (Å²) < 4.78 is 0. The minimum atomic E-state index is -0.500. The predicted molar refractivity (Wildman–Crippen MR) is 81.6 cm³/mol. The van der Waals surface area contributed by atoms with Crippen LogP contribution in [0.1, 0.15) is 49.9 Å². The minimum absolute atomic E-state index is 0.342. The van der Waals surface area contributed by atoms with E-state index in [2.05, 4.69) is 23.7 Å². The number of nitrogens with two attached hydrogens (primary N) is 2. The Bertz CT molecular complexity index is 487. The molecule has 0 unspecified atom stereocenters. The Morgan fingerprint density at radius 2 is 1.95 bits per heavy atom. The largest absolute Gasteiger partial charge is 0.397 e. The van der Waals surface area contributed by atoms with Crippen LogP contribution in [0.2, 0.25) is 0 Å². The minimum Gasteiger partial charge on any atom is -0.397 e. The quantitative estimate of drug-likeness (QED) is 0.882. The zero-order valence-corrected chi connectivity index (χ0v) is 12.4. The van der Waals surface area contributed by atoms with E-state index in [-0.39, 0.29) is 0 Å². The number of piperidine rings is 1. The number of hydrogen-bond donors (Lipinski definition) is 2. The van der Waals surface area contributed by atoms with Crippen LogP contribution in [0, 0.1) is 5.41 Å². The second-order valence-corrected chi connectivity index (χ2v) is 5.69. The standard InChI is InChI=1S/C15H24N4O/c1-3-15(4-2)5-7-19(8-6-15)13-9-11(14(17)20)12(16)10-18-13/h9-10H,3-8,16H2,1-2H3,(H2,17,20). The lowest BCUT2D eigenvalue weighted by Gasteiger charge is -2.41. The first-order chi connectivity index (χ1) is 9.51. The molecule has 5 heteroatoms. The van der Waals surface area contributed by atoms with Gasteiger partial charge in [-0.15, -0.1) is 0 Å². The molecule has 110 valence electrons. The average Bonchev–Trinajstić information content (AvgIpc) is 2.47. The summed E-state index contributed by atoms with van der Waals surface area (Å²) in [6, 6.07) is 1.71. The summed E-state index contributed by atoms with van der Waals surface area (Å²) in [5, 5.41) is 0. The molecular weight excluding hydrogens is 252 g/mol. The van der Waals surface area contributed by atoms with Gasteiger partial charge in [-0.3, -0.25) is 4.79 Å². The Balaban J connectivity index is 2.15. The summed E-state index contributed by atoms with van der Waals surface area (Å²) in [4.78, 5) is 17.9. The number of aromatic nitrogens is 1. The van der Waals surface area contributed by atoms with E-state index >= 15 is 0 Å². The predicted octanol–water partition coefficient (Wildman–Crippen LogP) is 2.17. The van der Waals surface area contributed by atoms with Gasteiger partial charge in [-0.05, 0) is 24.3 Å². The topological polar surface area (TPSA) is 85.2 Å². The van der Waals surface area contributed by atoms with Gasteiger partial charge >= 0.3 is 0 Å². The first-order valence-corrected chi connectivity index (χ1v) is 7.31. The van der Waals surface area contributed by atoms with Crippen LogP contribution >= 0.6 is 0 Å². The first-order valence-electron chi connectivity index (χ1n) is 7.31. The van der Waals surface area contributed by atoms with Gasteiger partial charge in [-0.2, -0.15) is 0 Å². The summed E-state index contributed by atoms with van der Waals surface area (Å²) in [6.45, 7) is 6.48. The van der Waals surface area contributed by atoms with Crippen LogP contribution in [-0.4, -0.2) is 24.0 Å². The van der Waals surface area contributed by atoms with Gasteiger partial charge in [0, 0.05) is 13.1 Å². The van der Waals surface area contributed by atoms with Crippen molar-refractivity contribution < 1.29 is 4.79 Å². The van der Waals surface area contributed by atoms with Crippen molar-refractivity contribution in [3.8, 4) is 0 Å². The molecule has 1 aliphatic heterocycles. The highest BCUT2D eigenvalue weighted by Crippen LogP contribution is 2.38. The third-order valence-corrected chi connectivity index (χ3v) is 4.83. The highest BCUT2D eigenvalue weighted by molar-refractivity contribution is 5.98. The summed E-state index contributed by atoms with van der Waals surface area (Å²) >= 11 is 0. The molecule has 1 fully saturated rings. The zero-order chi connectivity index (χ0) is 14.8. The van der Waals surface area contributed by atoms with Crippen molar-refractivity contribution in [1.82, 2.24) is 4.98 Å². The number of carbonyl (C=O) groups excluding carboxylic acids is 1. The molecule has 2 rings (SSSR count). The zero-order valence-electron chi connectivity index (χ0n) is 12.4. The smallest absolute Gasteiger partial charge is 0.250 e. The molecule has 20 heavy (non-hydrogen) atoms. The van der Waals surface area contributed by atoms with Gasteiger partial charge < -0.3 is 16.4 Å². The van der Waals surface area contributed by atoms with Crippen molar-refractivity contribution >= 4 is 17.4 Å². The van der Waals surface area contributed by atoms with E-state index in [1.54, 1.807) is 6.07 Å². The number of nitrogen functional groups attached to an aromatic ring is 1. The molecule has 1 amide bonds. The molecule has 1 aliphatic rings. The van der Waals surface area contributed by atoms with E-state index in [4.69, 9.17) is 11.5 Å². The van der Waals surface area contributed by atoms with Gasteiger partial charge in [0.2, 0.25) is 0 Å². The van der Waals surface area contributed by atoms with Gasteiger partial charge in [-0.25, -0.2) is 4.98 Å². The molecule has 0 aromatic carbocycles. The lowest BCUT2D eigenvalue weighted by molar-refractivity contribution is 0.100. The maximum Gasteiger partial charge on any atom is 0.250 e. The van der Waals surface area contributed by atoms with E-state index in [0.717, 1.165) is 31.7 Å². The fourth-order valence-corrected chi connectivity index (χ4v) is 3.01. The van der Waals surface area contributed by atoms with Crippen LogP contribution in [0.25, 0.3) is 0 Å². The Hall–Kier alpha value is -1.78. The van der Waals surface area contributed by atoms with Gasteiger partial charge in [0.1, 0.15) is 5.82 Å². The Morgan fingerprint density at radius 3 is 2.45 bits per heavy atom. The van der Waals surface area contributed by atoms with Gasteiger partial charge in [0.25, 0.3) is 5.91 Å². The van der Waals surface area contributed by atoms with Crippen LogP contribution in [-0.2, 0) is 0 Å². The fourth-order valence-electron chi connectivity index (χ4n) is 3.01. The molecule has 0 aliphatic carbocycles. The van der Waals surface area contributed by atoms with Gasteiger partial charge in [-0.1, -0.05) is 26.7 Å². The molecule has 4 N–H and O–H groups in total. The molecule has 0 bridgehead atoms. The van der Waals surface area contributed by atoms with E-state index in [1.165, 1.54) is 19.0 Å². The molecule has 1 saturated heterocycles. The SMILES string of the molecule is CCC1(CC)CCN(c2cc(C(N)=O)c(N)cn2)CC1. The molecule has 2 heterocycles. The molecule has 0 spiro atoms. The number of amides is 1. The van der Waals surface area contributed by atoms with Gasteiger partial charge in [0.15, 0.2) is 0 Å². The number of nitrogens with zero attached hydrogens (tertiary/aromatic N) is 2. The summed E-state index contributed by atoms with van der Waals surface area (Å²) in [5.41, 5.74) is 12.2. The number of primary amides is 1. The van der Waals surface area contributed by atoms with Crippen molar-refractivity contribution in [3.63, 3.8) is 0 Å². The summed E-state index contributed by atoms with van der Waals surface area (Å²) in [7, 11) is 0. The van der Waals surface area contributed by atoms with E-state index in [1.807, 2.05) is 0 Å². The molecule has 1 aromatic rings. The summed E-state index contributed by atoms with van der Waals surface area (Å²) in [5.74, 6) is 0.299. The maximum absolute atomic E-state index is 11.3. The molecule has 5 nitrogen and oxygen atoms in total. The molecule has 0 atom stereocenters. The third kappa shape index (κ3) is 2.71. The van der Waals surface area contributed by atoms with Crippen molar-refractivity contribution in [3.05, 3.63) is 17.8 Å². The lowest BCUT2D eigenvalue weighted by atomic mass is 9.74. The molecular formula is C15H24N4O. The number of anilines is 2. The lowest BCUT2D eigenvalue weighted by Crippen LogP contribution is -2.40. The Kier molecular flexibility index (Phi) is 4.16. The molecule has 1 aromatic heterocycles. The highest BCUT2D eigenvalue weighted by atomic mass is 16.1. The van der Waals surface area contributed by atoms with Crippen molar-refractivity contribution in [2.24, 2.45) is 11.1 Å². The van der Waals surface area contributed by atoms with Crippen molar-refractivity contribution in [1.29, 1.82) is 0 Å². The number of hydrogen-bond acceptors (Lipinski definition) is 4. The van der Waals surface area contributed by atoms with Crippen LogP contribution in [0.15, 0.2) is 12.3 Å². The monoisotopic (exact) mass is 276 g/mol. The van der Waals surface area contributed by atoms with Crippen LogP contribution in [0.4, 0.5) is 11.5 Å². The second-order valence-electron chi connectivity index (χ2n) is 5.69. The normalized spacial score (nSPS) is 18.0. The molecule has 0 radical (unpaired) electrons. The van der Waals surface area contributed by atoms with E-state index in [9.17, 15) is 4.79 Å². The summed E-state index contributed by atoms with van der Waals surface area (Å²) in [6.07, 6.45) is 6.30. The van der Waals surface area contributed by atoms with E-state index in [0.29, 0.717) is 16.7 Å². The van der Waals surface area contributed by atoms with Gasteiger partial charge in [0.05, 0.1) is 17.4 Å². The average molecular weight is 276 g/mol. The Morgan fingerprint density at radius 1 is 1.35 bits per heavy atom.